The predicted molar refractivity (Wildman–Crippen MR) is 73.8 cm³/mol. The van der Waals surface area contributed by atoms with Gasteiger partial charge in [0.1, 0.15) is 5.78 Å². The Morgan fingerprint density at radius 2 is 2.11 bits per heavy atom. The fourth-order valence-corrected chi connectivity index (χ4v) is 2.84. The highest BCUT2D eigenvalue weighted by Crippen LogP contribution is 2.34. The van der Waals surface area contributed by atoms with Crippen molar-refractivity contribution in [3.8, 4) is 0 Å². The largest absolute Gasteiger partial charge is 0.481 e. The van der Waals surface area contributed by atoms with Crippen LogP contribution in [0.1, 0.15) is 37.2 Å². The van der Waals surface area contributed by atoms with Crippen molar-refractivity contribution < 1.29 is 14.7 Å². The summed E-state index contributed by atoms with van der Waals surface area (Å²) >= 11 is 11.8. The van der Waals surface area contributed by atoms with E-state index in [1.54, 1.807) is 18.2 Å². The SMILES string of the molecule is O=C1CCC(CC(C(=O)O)c2ccc(Cl)c(Cl)c2)C1. The van der Waals surface area contributed by atoms with E-state index in [9.17, 15) is 14.7 Å². The van der Waals surface area contributed by atoms with Crippen molar-refractivity contribution in [1.82, 2.24) is 0 Å². The van der Waals surface area contributed by atoms with Gasteiger partial charge in [-0.2, -0.15) is 0 Å². The molecule has 1 N–H and O–H groups in total. The zero-order valence-electron chi connectivity index (χ0n) is 10.2. The molecular formula is C14H14Cl2O3. The van der Waals surface area contributed by atoms with Gasteiger partial charge in [-0.25, -0.2) is 0 Å². The third-order valence-corrected chi connectivity index (χ3v) is 4.30. The Morgan fingerprint density at radius 1 is 1.37 bits per heavy atom. The fraction of sp³-hybridized carbons (Fsp3) is 0.429. The number of aliphatic carboxylic acids is 1. The van der Waals surface area contributed by atoms with Gasteiger partial charge in [0.25, 0.3) is 0 Å². The zero-order chi connectivity index (χ0) is 14.0. The first-order valence-corrected chi connectivity index (χ1v) is 6.92. The summed E-state index contributed by atoms with van der Waals surface area (Å²) < 4.78 is 0. The monoisotopic (exact) mass is 300 g/mol. The minimum Gasteiger partial charge on any atom is -0.481 e. The second kappa shape index (κ2) is 5.93. The molecule has 1 aliphatic carbocycles. The number of ketones is 1. The summed E-state index contributed by atoms with van der Waals surface area (Å²) in [5.74, 6) is -1.14. The molecule has 0 bridgehead atoms. The number of Topliss-reactive ketones (excluding diaryl/α,β-unsaturated/α-hetero) is 1. The second-order valence-electron chi connectivity index (χ2n) is 4.95. The Morgan fingerprint density at radius 3 is 2.63 bits per heavy atom. The number of rotatable bonds is 4. The molecule has 19 heavy (non-hydrogen) atoms. The van der Waals surface area contributed by atoms with Crippen molar-refractivity contribution in [2.24, 2.45) is 5.92 Å². The Bertz CT molecular complexity index is 513. The summed E-state index contributed by atoms with van der Waals surface area (Å²) in [6, 6.07) is 4.89. The highest BCUT2D eigenvalue weighted by molar-refractivity contribution is 6.42. The molecule has 0 spiro atoms. The topological polar surface area (TPSA) is 54.4 Å². The summed E-state index contributed by atoms with van der Waals surface area (Å²) in [7, 11) is 0. The molecule has 5 heteroatoms. The molecule has 1 saturated carbocycles. The maximum absolute atomic E-state index is 11.4. The number of hydrogen-bond acceptors (Lipinski definition) is 2. The van der Waals surface area contributed by atoms with Gasteiger partial charge in [-0.05, 0) is 36.5 Å². The molecule has 1 fully saturated rings. The number of carboxylic acids is 1. The second-order valence-corrected chi connectivity index (χ2v) is 5.76. The van der Waals surface area contributed by atoms with E-state index in [-0.39, 0.29) is 11.7 Å². The maximum Gasteiger partial charge on any atom is 0.310 e. The van der Waals surface area contributed by atoms with Crippen LogP contribution in [0.5, 0.6) is 0 Å². The molecule has 0 radical (unpaired) electrons. The molecule has 0 saturated heterocycles. The van der Waals surface area contributed by atoms with Crippen LogP contribution in [0.3, 0.4) is 0 Å². The van der Waals surface area contributed by atoms with Crippen LogP contribution >= 0.6 is 23.2 Å². The molecule has 2 rings (SSSR count). The van der Waals surface area contributed by atoms with Gasteiger partial charge in [-0.15, -0.1) is 0 Å². The lowest BCUT2D eigenvalue weighted by Gasteiger charge is -2.17. The molecule has 0 aromatic heterocycles. The molecule has 0 heterocycles. The minimum atomic E-state index is -0.891. The van der Waals surface area contributed by atoms with E-state index in [1.807, 2.05) is 0 Å². The first-order chi connectivity index (χ1) is 8.97. The van der Waals surface area contributed by atoms with Gasteiger partial charge < -0.3 is 5.11 Å². The molecule has 1 aliphatic rings. The number of hydrogen-bond donors (Lipinski definition) is 1. The Balaban J connectivity index is 2.17. The zero-order valence-corrected chi connectivity index (χ0v) is 11.7. The van der Waals surface area contributed by atoms with Crippen molar-refractivity contribution in [3.05, 3.63) is 33.8 Å². The van der Waals surface area contributed by atoms with Crippen LogP contribution < -0.4 is 0 Å². The van der Waals surface area contributed by atoms with Gasteiger partial charge in [0.05, 0.1) is 16.0 Å². The lowest BCUT2D eigenvalue weighted by atomic mass is 9.88. The van der Waals surface area contributed by atoms with Gasteiger partial charge in [-0.3, -0.25) is 9.59 Å². The van der Waals surface area contributed by atoms with Crippen LogP contribution in [0.25, 0.3) is 0 Å². The molecule has 1 aromatic rings. The van der Waals surface area contributed by atoms with E-state index in [0.29, 0.717) is 34.9 Å². The normalized spacial score (nSPS) is 20.5. The smallest absolute Gasteiger partial charge is 0.310 e. The van der Waals surface area contributed by atoms with Crippen molar-refractivity contribution >= 4 is 35.0 Å². The van der Waals surface area contributed by atoms with E-state index < -0.39 is 11.9 Å². The van der Waals surface area contributed by atoms with Gasteiger partial charge >= 0.3 is 5.97 Å². The van der Waals surface area contributed by atoms with Crippen LogP contribution in [0, 0.1) is 5.92 Å². The Hall–Kier alpha value is -1.06. The quantitative estimate of drug-likeness (QED) is 0.917. The summed E-state index contributed by atoms with van der Waals surface area (Å²) in [6.45, 7) is 0. The van der Waals surface area contributed by atoms with Gasteiger partial charge in [0.15, 0.2) is 0 Å². The van der Waals surface area contributed by atoms with Gasteiger partial charge in [0, 0.05) is 12.8 Å². The highest BCUT2D eigenvalue weighted by atomic mass is 35.5. The molecule has 2 atom stereocenters. The van der Waals surface area contributed by atoms with E-state index in [0.717, 1.165) is 6.42 Å². The molecular weight excluding hydrogens is 287 g/mol. The van der Waals surface area contributed by atoms with Crippen LogP contribution in [0.4, 0.5) is 0 Å². The first kappa shape index (κ1) is 14.4. The maximum atomic E-state index is 11.4. The summed E-state index contributed by atoms with van der Waals surface area (Å²) in [5.41, 5.74) is 0.640. The summed E-state index contributed by atoms with van der Waals surface area (Å²) in [5, 5.41) is 10.1. The van der Waals surface area contributed by atoms with Gasteiger partial charge in [-0.1, -0.05) is 29.3 Å². The molecule has 1 aromatic carbocycles. The number of carboxylic acid groups (broad SMARTS) is 1. The van der Waals surface area contributed by atoms with E-state index in [4.69, 9.17) is 23.2 Å². The van der Waals surface area contributed by atoms with Crippen molar-refractivity contribution in [2.75, 3.05) is 0 Å². The minimum absolute atomic E-state index is 0.156. The average Bonchev–Trinajstić information content (AvgIpc) is 2.75. The summed E-state index contributed by atoms with van der Waals surface area (Å²) in [4.78, 5) is 22.7. The van der Waals surface area contributed by atoms with Gasteiger partial charge in [0.2, 0.25) is 0 Å². The number of carbonyl (C=O) groups is 2. The Kier molecular flexibility index (Phi) is 4.48. The Labute approximate surface area is 121 Å². The molecule has 2 unspecified atom stereocenters. The van der Waals surface area contributed by atoms with E-state index >= 15 is 0 Å². The summed E-state index contributed by atoms with van der Waals surface area (Å²) in [6.07, 6.45) is 2.31. The van der Waals surface area contributed by atoms with E-state index in [2.05, 4.69) is 0 Å². The lowest BCUT2D eigenvalue weighted by molar-refractivity contribution is -0.139. The van der Waals surface area contributed by atoms with Crippen molar-refractivity contribution in [1.29, 1.82) is 0 Å². The van der Waals surface area contributed by atoms with Crippen molar-refractivity contribution in [2.45, 2.75) is 31.6 Å². The predicted octanol–water partition coefficient (Wildman–Crippen LogP) is 3.92. The fourth-order valence-electron chi connectivity index (χ4n) is 2.53. The standard InChI is InChI=1S/C14H14Cl2O3/c15-12-4-2-9(7-13(12)16)11(14(18)19)6-8-1-3-10(17)5-8/h2,4,7-8,11H,1,3,5-6H2,(H,18,19). The molecule has 102 valence electrons. The van der Waals surface area contributed by atoms with Crippen LogP contribution in [-0.4, -0.2) is 16.9 Å². The molecule has 0 aliphatic heterocycles. The highest BCUT2D eigenvalue weighted by Gasteiger charge is 2.29. The third kappa shape index (κ3) is 3.48. The first-order valence-electron chi connectivity index (χ1n) is 6.17. The molecule has 0 amide bonds. The third-order valence-electron chi connectivity index (χ3n) is 3.56. The number of carbonyl (C=O) groups excluding carboxylic acids is 1. The lowest BCUT2D eigenvalue weighted by Crippen LogP contribution is -2.15. The van der Waals surface area contributed by atoms with Crippen LogP contribution in [0.2, 0.25) is 10.0 Å². The average molecular weight is 301 g/mol. The van der Waals surface area contributed by atoms with Crippen LogP contribution in [-0.2, 0) is 9.59 Å². The van der Waals surface area contributed by atoms with Crippen molar-refractivity contribution in [3.63, 3.8) is 0 Å². The van der Waals surface area contributed by atoms with Crippen LogP contribution in [0.15, 0.2) is 18.2 Å². The number of halogens is 2. The van der Waals surface area contributed by atoms with E-state index in [1.165, 1.54) is 0 Å². The number of benzene rings is 1. The molecule has 3 nitrogen and oxygen atoms in total.